The van der Waals surface area contributed by atoms with Gasteiger partial charge in [0.2, 0.25) is 0 Å². The van der Waals surface area contributed by atoms with Crippen LogP contribution in [0.3, 0.4) is 0 Å². The highest BCUT2D eigenvalue weighted by Crippen LogP contribution is 2.44. The summed E-state index contributed by atoms with van der Waals surface area (Å²) in [6.07, 6.45) is -2.05. The first-order valence-corrected chi connectivity index (χ1v) is 10.4. The molecule has 4 nitrogen and oxygen atoms in total. The first kappa shape index (κ1) is 26.7. The van der Waals surface area contributed by atoms with Crippen molar-refractivity contribution in [3.05, 3.63) is 54.1 Å². The number of aliphatic hydroxyl groups is 1. The third-order valence-electron chi connectivity index (χ3n) is 6.23. The maximum absolute atomic E-state index is 12.5. The molecule has 1 aliphatic carbocycles. The predicted octanol–water partition coefficient (Wildman–Crippen LogP) is 5.00. The van der Waals surface area contributed by atoms with Crippen molar-refractivity contribution in [2.45, 2.75) is 37.1 Å². The Kier molecular flexibility index (Phi) is 9.25. The second-order valence-corrected chi connectivity index (χ2v) is 8.26. The lowest BCUT2D eigenvalue weighted by Crippen LogP contribution is -2.51. The van der Waals surface area contributed by atoms with Crippen LogP contribution in [-0.4, -0.2) is 54.7 Å². The van der Waals surface area contributed by atoms with E-state index in [0.29, 0.717) is 5.56 Å². The fraction of sp³-hybridized carbons (Fsp3) is 0.478. The molecule has 0 bridgehead atoms. The summed E-state index contributed by atoms with van der Waals surface area (Å²) >= 11 is 0. The molecule has 0 aromatic heterocycles. The van der Waals surface area contributed by atoms with Gasteiger partial charge in [-0.05, 0) is 48.1 Å². The van der Waals surface area contributed by atoms with Gasteiger partial charge in [0.15, 0.2) is 0 Å². The molecule has 0 spiro atoms. The van der Waals surface area contributed by atoms with Gasteiger partial charge >= 0.3 is 6.36 Å². The molecule has 1 heterocycles. The summed E-state index contributed by atoms with van der Waals surface area (Å²) in [4.78, 5) is 2.39. The average molecular weight is 493 g/mol. The number of halogens is 5. The second-order valence-electron chi connectivity index (χ2n) is 8.26. The Hall–Kier alpha value is -1.51. The van der Waals surface area contributed by atoms with E-state index in [1.54, 1.807) is 12.1 Å². The summed E-state index contributed by atoms with van der Waals surface area (Å²) in [5.74, 6) is -0.206. The van der Waals surface area contributed by atoms with Crippen molar-refractivity contribution in [1.29, 1.82) is 0 Å². The van der Waals surface area contributed by atoms with Crippen LogP contribution >= 0.6 is 24.8 Å². The number of piperazine rings is 1. The van der Waals surface area contributed by atoms with E-state index in [1.165, 1.54) is 12.1 Å². The molecule has 2 aliphatic rings. The van der Waals surface area contributed by atoms with E-state index < -0.39 is 12.0 Å². The Morgan fingerprint density at radius 2 is 1.66 bits per heavy atom. The Bertz CT molecular complexity index is 855. The smallest absolute Gasteiger partial charge is 0.406 e. The van der Waals surface area contributed by atoms with Gasteiger partial charge in [-0.1, -0.05) is 36.4 Å². The summed E-state index contributed by atoms with van der Waals surface area (Å²) in [5, 5.41) is 14.5. The quantitative estimate of drug-likeness (QED) is 0.595. The molecule has 2 aromatic carbocycles. The van der Waals surface area contributed by atoms with E-state index in [-0.39, 0.29) is 36.5 Å². The van der Waals surface area contributed by atoms with Gasteiger partial charge in [-0.2, -0.15) is 0 Å². The van der Waals surface area contributed by atoms with Crippen molar-refractivity contribution < 1.29 is 23.0 Å². The van der Waals surface area contributed by atoms with Gasteiger partial charge in [-0.25, -0.2) is 0 Å². The molecule has 32 heavy (non-hydrogen) atoms. The largest absolute Gasteiger partial charge is 0.573 e. The monoisotopic (exact) mass is 492 g/mol. The molecule has 2 N–H and O–H groups in total. The summed E-state index contributed by atoms with van der Waals surface area (Å²) in [6, 6.07) is 13.8. The van der Waals surface area contributed by atoms with Crippen LogP contribution in [0.15, 0.2) is 48.5 Å². The molecule has 2 aromatic rings. The highest BCUT2D eigenvalue weighted by Gasteiger charge is 2.43. The minimum atomic E-state index is -4.71. The van der Waals surface area contributed by atoms with Crippen molar-refractivity contribution in [3.8, 4) is 16.9 Å². The number of benzene rings is 2. The number of hydrogen-bond donors (Lipinski definition) is 2. The number of nitrogens with one attached hydrogen (secondary N) is 1. The van der Waals surface area contributed by atoms with Gasteiger partial charge in [0.05, 0.1) is 5.60 Å². The van der Waals surface area contributed by atoms with Crippen molar-refractivity contribution in [1.82, 2.24) is 10.2 Å². The zero-order chi connectivity index (χ0) is 21.2. The summed E-state index contributed by atoms with van der Waals surface area (Å²) in [6.45, 7) is 4.67. The molecule has 1 aliphatic heterocycles. The fourth-order valence-corrected chi connectivity index (χ4v) is 4.41. The van der Waals surface area contributed by atoms with E-state index in [2.05, 4.69) is 15.0 Å². The van der Waals surface area contributed by atoms with Gasteiger partial charge in [-0.3, -0.25) is 0 Å². The first-order chi connectivity index (χ1) is 14.3. The molecule has 9 heteroatoms. The molecular weight excluding hydrogens is 464 g/mol. The van der Waals surface area contributed by atoms with E-state index >= 15 is 0 Å². The number of ether oxygens (including phenoxy) is 1. The SMILES string of the molecule is Cl.Cl.OC1(C(CN2CCNCC2)c2ccc(-c3cccc(OC(F)(F)F)c3)cc2)CCC1. The van der Waals surface area contributed by atoms with Crippen molar-refractivity contribution in [2.75, 3.05) is 32.7 Å². The minimum Gasteiger partial charge on any atom is -0.406 e. The highest BCUT2D eigenvalue weighted by atomic mass is 35.5. The number of hydrogen-bond acceptors (Lipinski definition) is 4. The third kappa shape index (κ3) is 6.51. The Morgan fingerprint density at radius 1 is 1.00 bits per heavy atom. The maximum Gasteiger partial charge on any atom is 0.573 e. The number of rotatable bonds is 6. The Balaban J connectivity index is 0.00000181. The van der Waals surface area contributed by atoms with Crippen LogP contribution in [-0.2, 0) is 0 Å². The zero-order valence-corrected chi connectivity index (χ0v) is 19.2. The Morgan fingerprint density at radius 3 is 2.22 bits per heavy atom. The average Bonchev–Trinajstić information content (AvgIpc) is 2.70. The summed E-state index contributed by atoms with van der Waals surface area (Å²) in [5.41, 5.74) is 1.87. The summed E-state index contributed by atoms with van der Waals surface area (Å²) < 4.78 is 41.6. The van der Waals surface area contributed by atoms with E-state index in [1.807, 2.05) is 24.3 Å². The van der Waals surface area contributed by atoms with Crippen LogP contribution in [0.2, 0.25) is 0 Å². The molecule has 1 unspecified atom stereocenters. The van der Waals surface area contributed by atoms with Gasteiger partial charge in [0.25, 0.3) is 0 Å². The van der Waals surface area contributed by atoms with Crippen molar-refractivity contribution in [2.24, 2.45) is 0 Å². The Labute approximate surface area is 199 Å². The van der Waals surface area contributed by atoms with Gasteiger partial charge < -0.3 is 20.1 Å². The molecule has 1 saturated heterocycles. The van der Waals surface area contributed by atoms with E-state index in [4.69, 9.17) is 0 Å². The zero-order valence-electron chi connectivity index (χ0n) is 17.6. The minimum absolute atomic E-state index is 0. The fourth-order valence-electron chi connectivity index (χ4n) is 4.41. The van der Waals surface area contributed by atoms with Crippen LogP contribution in [0, 0.1) is 0 Å². The van der Waals surface area contributed by atoms with Crippen LogP contribution in [0.4, 0.5) is 13.2 Å². The van der Waals surface area contributed by atoms with Crippen molar-refractivity contribution in [3.63, 3.8) is 0 Å². The molecule has 0 radical (unpaired) electrons. The number of nitrogens with zero attached hydrogens (tertiary/aromatic N) is 1. The second kappa shape index (κ2) is 11.1. The molecule has 0 amide bonds. The van der Waals surface area contributed by atoms with E-state index in [0.717, 1.165) is 63.1 Å². The molecular formula is C23H29Cl2F3N2O2. The first-order valence-electron chi connectivity index (χ1n) is 10.4. The molecule has 2 fully saturated rings. The van der Waals surface area contributed by atoms with Crippen LogP contribution in [0.5, 0.6) is 5.75 Å². The molecule has 1 saturated carbocycles. The van der Waals surface area contributed by atoms with Gasteiger partial charge in [0, 0.05) is 38.6 Å². The molecule has 178 valence electrons. The van der Waals surface area contributed by atoms with Gasteiger partial charge in [-0.15, -0.1) is 38.0 Å². The molecule has 1 atom stereocenters. The van der Waals surface area contributed by atoms with Crippen LogP contribution in [0.25, 0.3) is 11.1 Å². The van der Waals surface area contributed by atoms with Crippen LogP contribution in [0.1, 0.15) is 30.7 Å². The predicted molar refractivity (Wildman–Crippen MR) is 124 cm³/mol. The highest BCUT2D eigenvalue weighted by molar-refractivity contribution is 5.85. The van der Waals surface area contributed by atoms with Crippen LogP contribution < -0.4 is 10.1 Å². The number of alkyl halides is 3. The maximum atomic E-state index is 12.5. The lowest BCUT2D eigenvalue weighted by Gasteiger charge is -2.46. The normalized spacial score (nSPS) is 19.1. The molecule has 4 rings (SSSR count). The van der Waals surface area contributed by atoms with Crippen molar-refractivity contribution >= 4 is 24.8 Å². The topological polar surface area (TPSA) is 44.7 Å². The summed E-state index contributed by atoms with van der Waals surface area (Å²) in [7, 11) is 0. The van der Waals surface area contributed by atoms with Gasteiger partial charge in [0.1, 0.15) is 5.75 Å². The lowest BCUT2D eigenvalue weighted by molar-refractivity contribution is -0.274. The lowest BCUT2D eigenvalue weighted by atomic mass is 9.68. The van der Waals surface area contributed by atoms with E-state index in [9.17, 15) is 18.3 Å². The third-order valence-corrected chi connectivity index (χ3v) is 6.23. The standard InChI is InChI=1S/C23H27F3N2O2.2ClH/c24-23(25,26)30-20-4-1-3-19(15-20)17-5-7-18(8-6-17)21(22(29)9-2-10-22)16-28-13-11-27-12-14-28;;/h1,3-8,15,21,27,29H,2,9-14,16H2;2*1H.